The third-order valence-electron chi connectivity index (χ3n) is 3.52. The molecule has 0 aliphatic carbocycles. The molecule has 1 aliphatic heterocycles. The second-order valence-corrected chi connectivity index (χ2v) is 4.99. The van der Waals surface area contributed by atoms with Gasteiger partial charge in [0.25, 0.3) is 0 Å². The van der Waals surface area contributed by atoms with Crippen LogP contribution in [0.5, 0.6) is 0 Å². The van der Waals surface area contributed by atoms with Crippen LogP contribution >= 0.6 is 11.6 Å². The second kappa shape index (κ2) is 6.23. The van der Waals surface area contributed by atoms with E-state index in [1.165, 1.54) is 5.54 Å². The Hall–Kier alpha value is -1.03. The molecule has 2 amide bonds. The van der Waals surface area contributed by atoms with E-state index in [9.17, 15) is 9.59 Å². The fraction of sp³-hybridized carbons (Fsp3) is 0.692. The molecular weight excluding hydrogens is 252 g/mol. The van der Waals surface area contributed by atoms with Crippen LogP contribution in [0.25, 0.3) is 0 Å². The number of hydrogen-bond donors (Lipinski definition) is 1. The lowest BCUT2D eigenvalue weighted by Crippen LogP contribution is -2.56. The summed E-state index contributed by atoms with van der Waals surface area (Å²) in [6.07, 6.45) is 1.56. The highest BCUT2D eigenvalue weighted by Gasteiger charge is 2.41. The summed E-state index contributed by atoms with van der Waals surface area (Å²) in [4.78, 5) is 26.0. The van der Waals surface area contributed by atoms with Crippen molar-refractivity contribution < 1.29 is 9.59 Å². The van der Waals surface area contributed by atoms with Gasteiger partial charge in [0.1, 0.15) is 5.54 Å². The van der Waals surface area contributed by atoms with Gasteiger partial charge in [0.2, 0.25) is 11.8 Å². The van der Waals surface area contributed by atoms with E-state index in [1.54, 1.807) is 4.90 Å². The summed E-state index contributed by atoms with van der Waals surface area (Å²) in [6.45, 7) is 6.67. The number of rotatable bonds is 4. The molecule has 0 radical (unpaired) electrons. The van der Waals surface area contributed by atoms with E-state index < -0.39 is 5.54 Å². The van der Waals surface area contributed by atoms with Crippen LogP contribution in [0, 0.1) is 0 Å². The summed E-state index contributed by atoms with van der Waals surface area (Å²) in [5.74, 6) is -0.0572. The second-order valence-electron chi connectivity index (χ2n) is 4.77. The van der Waals surface area contributed by atoms with Crippen molar-refractivity contribution in [1.82, 2.24) is 10.2 Å². The van der Waals surface area contributed by atoms with Crippen LogP contribution in [-0.4, -0.2) is 35.3 Å². The Morgan fingerprint density at radius 1 is 1.44 bits per heavy atom. The molecule has 1 rings (SSSR count). The number of carbonyl (C=O) groups excluding carboxylic acids is 2. The lowest BCUT2D eigenvalue weighted by Gasteiger charge is -2.33. The van der Waals surface area contributed by atoms with Gasteiger partial charge in [-0.05, 0) is 25.3 Å². The summed E-state index contributed by atoms with van der Waals surface area (Å²) in [7, 11) is 0. The number of hydrogen-bond acceptors (Lipinski definition) is 2. The van der Waals surface area contributed by atoms with Gasteiger partial charge in [-0.25, -0.2) is 0 Å². The molecule has 0 unspecified atom stereocenters. The third-order valence-corrected chi connectivity index (χ3v) is 3.89. The van der Waals surface area contributed by atoms with Crippen LogP contribution in [0.2, 0.25) is 0 Å². The SMILES string of the molecule is CCC1(CC)NC(=O)CCN(CC(C)=CCl)C1=O. The van der Waals surface area contributed by atoms with Crippen molar-refractivity contribution in [2.24, 2.45) is 0 Å². The molecule has 0 spiro atoms. The number of nitrogens with zero attached hydrogens (tertiary/aromatic N) is 1. The van der Waals surface area contributed by atoms with Gasteiger partial charge in [0, 0.05) is 25.0 Å². The van der Waals surface area contributed by atoms with E-state index in [1.807, 2.05) is 20.8 Å². The lowest BCUT2D eigenvalue weighted by atomic mass is 9.91. The van der Waals surface area contributed by atoms with E-state index in [0.717, 1.165) is 5.57 Å². The standard InChI is InChI=1S/C13H21ClN2O2/c1-4-13(5-2)12(18)16(9-10(3)8-14)7-6-11(17)15-13/h8H,4-7,9H2,1-3H3,(H,15,17). The highest BCUT2D eigenvalue weighted by Crippen LogP contribution is 2.22. The van der Waals surface area contributed by atoms with Crippen LogP contribution < -0.4 is 5.32 Å². The van der Waals surface area contributed by atoms with Crippen molar-refractivity contribution in [2.45, 2.75) is 45.6 Å². The predicted molar refractivity (Wildman–Crippen MR) is 72.3 cm³/mol. The van der Waals surface area contributed by atoms with Gasteiger partial charge in [-0.1, -0.05) is 25.4 Å². The van der Waals surface area contributed by atoms with Crippen molar-refractivity contribution in [3.63, 3.8) is 0 Å². The average Bonchev–Trinajstić information content (AvgIpc) is 2.50. The maximum atomic E-state index is 12.6. The van der Waals surface area contributed by atoms with E-state index in [4.69, 9.17) is 11.6 Å². The Balaban J connectivity index is 2.99. The fourth-order valence-corrected chi connectivity index (χ4v) is 2.31. The number of halogens is 1. The maximum Gasteiger partial charge on any atom is 0.248 e. The summed E-state index contributed by atoms with van der Waals surface area (Å²) in [6, 6.07) is 0. The molecule has 0 aromatic carbocycles. The Kier molecular flexibility index (Phi) is 5.20. The summed E-state index contributed by atoms with van der Waals surface area (Å²) in [5, 5.41) is 2.88. The van der Waals surface area contributed by atoms with Gasteiger partial charge >= 0.3 is 0 Å². The zero-order chi connectivity index (χ0) is 13.8. The number of carbonyl (C=O) groups is 2. The number of nitrogens with one attached hydrogen (secondary N) is 1. The Bertz CT molecular complexity index is 362. The number of amides is 2. The fourth-order valence-electron chi connectivity index (χ4n) is 2.24. The van der Waals surface area contributed by atoms with Crippen LogP contribution in [0.4, 0.5) is 0 Å². The van der Waals surface area contributed by atoms with Gasteiger partial charge in [0.15, 0.2) is 0 Å². The van der Waals surface area contributed by atoms with Crippen molar-refractivity contribution >= 4 is 23.4 Å². The molecule has 5 heteroatoms. The smallest absolute Gasteiger partial charge is 0.248 e. The zero-order valence-corrected chi connectivity index (χ0v) is 12.0. The van der Waals surface area contributed by atoms with Gasteiger partial charge in [-0.15, -0.1) is 0 Å². The minimum Gasteiger partial charge on any atom is -0.342 e. The Morgan fingerprint density at radius 2 is 2.06 bits per heavy atom. The van der Waals surface area contributed by atoms with Crippen LogP contribution in [0.1, 0.15) is 40.0 Å². The van der Waals surface area contributed by atoms with Gasteiger partial charge in [0.05, 0.1) is 0 Å². The zero-order valence-electron chi connectivity index (χ0n) is 11.3. The monoisotopic (exact) mass is 272 g/mol. The first kappa shape index (κ1) is 15.0. The van der Waals surface area contributed by atoms with E-state index in [0.29, 0.717) is 32.4 Å². The predicted octanol–water partition coefficient (Wildman–Crippen LogP) is 2.04. The molecule has 1 N–H and O–H groups in total. The summed E-state index contributed by atoms with van der Waals surface area (Å²) >= 11 is 5.64. The Morgan fingerprint density at radius 3 is 2.56 bits per heavy atom. The molecule has 1 heterocycles. The molecule has 1 saturated heterocycles. The van der Waals surface area contributed by atoms with Gasteiger partial charge in [-0.3, -0.25) is 9.59 Å². The molecule has 18 heavy (non-hydrogen) atoms. The molecule has 4 nitrogen and oxygen atoms in total. The minimum absolute atomic E-state index is 0.00350. The first-order valence-electron chi connectivity index (χ1n) is 6.35. The molecule has 102 valence electrons. The quantitative estimate of drug-likeness (QED) is 0.851. The van der Waals surface area contributed by atoms with E-state index >= 15 is 0 Å². The van der Waals surface area contributed by atoms with Crippen molar-refractivity contribution in [3.05, 3.63) is 11.1 Å². The summed E-state index contributed by atoms with van der Waals surface area (Å²) in [5.41, 5.74) is 1.65. The molecule has 1 fully saturated rings. The highest BCUT2D eigenvalue weighted by molar-refractivity contribution is 6.25. The first-order chi connectivity index (χ1) is 8.49. The molecule has 0 aromatic rings. The van der Waals surface area contributed by atoms with Crippen molar-refractivity contribution in [2.75, 3.05) is 13.1 Å². The van der Waals surface area contributed by atoms with Crippen molar-refractivity contribution in [3.8, 4) is 0 Å². The lowest BCUT2D eigenvalue weighted by molar-refractivity contribution is -0.138. The van der Waals surface area contributed by atoms with Crippen molar-refractivity contribution in [1.29, 1.82) is 0 Å². The highest BCUT2D eigenvalue weighted by atomic mass is 35.5. The molecular formula is C13H21ClN2O2. The molecule has 0 aromatic heterocycles. The Labute approximate surface area is 113 Å². The van der Waals surface area contributed by atoms with Gasteiger partial charge < -0.3 is 10.2 Å². The normalized spacial score (nSPS) is 20.7. The first-order valence-corrected chi connectivity index (χ1v) is 6.79. The molecule has 1 aliphatic rings. The molecule has 0 atom stereocenters. The van der Waals surface area contributed by atoms with E-state index in [-0.39, 0.29) is 11.8 Å². The molecule has 0 bridgehead atoms. The minimum atomic E-state index is -0.750. The largest absolute Gasteiger partial charge is 0.342 e. The van der Waals surface area contributed by atoms with Crippen LogP contribution in [-0.2, 0) is 9.59 Å². The average molecular weight is 273 g/mol. The van der Waals surface area contributed by atoms with Crippen LogP contribution in [0.15, 0.2) is 11.1 Å². The van der Waals surface area contributed by atoms with Gasteiger partial charge in [-0.2, -0.15) is 0 Å². The van der Waals surface area contributed by atoms with Crippen LogP contribution in [0.3, 0.4) is 0 Å². The topological polar surface area (TPSA) is 49.4 Å². The van der Waals surface area contributed by atoms with E-state index in [2.05, 4.69) is 5.32 Å². The third kappa shape index (κ3) is 3.05. The summed E-state index contributed by atoms with van der Waals surface area (Å²) < 4.78 is 0. The maximum absolute atomic E-state index is 12.6. The molecule has 0 saturated carbocycles.